The number of aryl methyl sites for hydroxylation is 1. The molecule has 2 aromatic heterocycles. The third-order valence-corrected chi connectivity index (χ3v) is 3.14. The molecule has 18 heavy (non-hydrogen) atoms. The molecule has 0 radical (unpaired) electrons. The van der Waals surface area contributed by atoms with Crippen LogP contribution in [0.3, 0.4) is 0 Å². The van der Waals surface area contributed by atoms with Crippen molar-refractivity contribution in [2.45, 2.75) is 13.3 Å². The van der Waals surface area contributed by atoms with E-state index < -0.39 is 0 Å². The van der Waals surface area contributed by atoms with Crippen molar-refractivity contribution in [3.8, 4) is 12.3 Å². The molecule has 0 saturated heterocycles. The lowest BCUT2D eigenvalue weighted by atomic mass is 10.2. The molecule has 0 aromatic carbocycles. The van der Waals surface area contributed by atoms with Crippen LogP contribution in [0.25, 0.3) is 0 Å². The summed E-state index contributed by atoms with van der Waals surface area (Å²) in [5.41, 5.74) is 0.966. The number of nitrogens with one attached hydrogen (secondary N) is 1. The van der Waals surface area contributed by atoms with Gasteiger partial charge in [-0.25, -0.2) is 0 Å². The minimum absolute atomic E-state index is 0.293. The third kappa shape index (κ3) is 2.70. The number of hydrogen-bond donors (Lipinski definition) is 1. The second-order valence-corrected chi connectivity index (χ2v) is 4.48. The maximum atomic E-state index is 11.9. The summed E-state index contributed by atoms with van der Waals surface area (Å²) in [5, 5.41) is 11.8. The SMILES string of the molecule is C#Cc1cncc(C(=O)Nc2nnc(CC)s2)c1. The van der Waals surface area contributed by atoms with Gasteiger partial charge in [-0.3, -0.25) is 15.1 Å². The largest absolute Gasteiger partial charge is 0.296 e. The van der Waals surface area contributed by atoms with Gasteiger partial charge in [0.15, 0.2) is 0 Å². The van der Waals surface area contributed by atoms with Gasteiger partial charge in [0.2, 0.25) is 5.13 Å². The fourth-order valence-electron chi connectivity index (χ4n) is 1.26. The van der Waals surface area contributed by atoms with Gasteiger partial charge in [-0.15, -0.1) is 16.6 Å². The summed E-state index contributed by atoms with van der Waals surface area (Å²) in [7, 11) is 0. The van der Waals surface area contributed by atoms with Gasteiger partial charge < -0.3 is 0 Å². The van der Waals surface area contributed by atoms with Crippen LogP contribution in [0.2, 0.25) is 0 Å². The van der Waals surface area contributed by atoms with E-state index in [9.17, 15) is 4.79 Å². The van der Waals surface area contributed by atoms with Crippen LogP contribution in [-0.2, 0) is 6.42 Å². The standard InChI is InChI=1S/C12H10N4OS/c1-3-8-5-9(7-13-6-8)11(17)14-12-16-15-10(4-2)18-12/h1,5-7H,4H2,2H3,(H,14,16,17). The summed E-state index contributed by atoms with van der Waals surface area (Å²) in [6.07, 6.45) is 9.03. The van der Waals surface area contributed by atoms with Crippen LogP contribution >= 0.6 is 11.3 Å². The fraction of sp³-hybridized carbons (Fsp3) is 0.167. The van der Waals surface area contributed by atoms with E-state index in [0.29, 0.717) is 16.3 Å². The molecule has 90 valence electrons. The predicted molar refractivity (Wildman–Crippen MR) is 69.4 cm³/mol. The van der Waals surface area contributed by atoms with Crippen molar-refractivity contribution in [1.29, 1.82) is 0 Å². The molecule has 1 amide bonds. The molecule has 2 rings (SSSR count). The van der Waals surface area contributed by atoms with Crippen molar-refractivity contribution in [3.05, 3.63) is 34.6 Å². The van der Waals surface area contributed by atoms with E-state index in [1.165, 1.54) is 23.7 Å². The zero-order valence-corrected chi connectivity index (χ0v) is 10.5. The van der Waals surface area contributed by atoms with Gasteiger partial charge in [0, 0.05) is 18.0 Å². The van der Waals surface area contributed by atoms with Crippen LogP contribution in [0.1, 0.15) is 27.9 Å². The monoisotopic (exact) mass is 258 g/mol. The van der Waals surface area contributed by atoms with E-state index >= 15 is 0 Å². The predicted octanol–water partition coefficient (Wildman–Crippen LogP) is 1.73. The summed E-state index contributed by atoms with van der Waals surface area (Å²) in [4.78, 5) is 15.8. The maximum absolute atomic E-state index is 11.9. The van der Waals surface area contributed by atoms with E-state index in [1.54, 1.807) is 6.07 Å². The van der Waals surface area contributed by atoms with E-state index in [0.717, 1.165) is 11.4 Å². The number of pyridine rings is 1. The Hall–Kier alpha value is -2.26. The van der Waals surface area contributed by atoms with Crippen molar-refractivity contribution in [1.82, 2.24) is 15.2 Å². The molecule has 6 heteroatoms. The average Bonchev–Trinajstić information content (AvgIpc) is 2.86. The van der Waals surface area contributed by atoms with Crippen molar-refractivity contribution < 1.29 is 4.79 Å². The summed E-state index contributed by atoms with van der Waals surface area (Å²) < 4.78 is 0. The van der Waals surface area contributed by atoms with Gasteiger partial charge in [-0.1, -0.05) is 24.2 Å². The summed E-state index contributed by atoms with van der Waals surface area (Å²) >= 11 is 1.35. The average molecular weight is 258 g/mol. The van der Waals surface area contributed by atoms with Crippen LogP contribution in [-0.4, -0.2) is 21.1 Å². The minimum atomic E-state index is -0.293. The third-order valence-electron chi connectivity index (χ3n) is 2.16. The molecule has 0 aliphatic carbocycles. The Morgan fingerprint density at radius 1 is 1.50 bits per heavy atom. The lowest BCUT2D eigenvalue weighted by Crippen LogP contribution is -2.12. The number of anilines is 1. The Morgan fingerprint density at radius 2 is 2.33 bits per heavy atom. The van der Waals surface area contributed by atoms with Gasteiger partial charge in [0.25, 0.3) is 5.91 Å². The number of rotatable bonds is 3. The second-order valence-electron chi connectivity index (χ2n) is 3.42. The summed E-state index contributed by atoms with van der Waals surface area (Å²) in [6.45, 7) is 1.98. The normalized spacial score (nSPS) is 9.78. The highest BCUT2D eigenvalue weighted by molar-refractivity contribution is 7.15. The van der Waals surface area contributed by atoms with E-state index in [-0.39, 0.29) is 5.91 Å². The molecular weight excluding hydrogens is 248 g/mol. The first kappa shape index (κ1) is 12.2. The Balaban J connectivity index is 2.14. The van der Waals surface area contributed by atoms with Crippen molar-refractivity contribution >= 4 is 22.4 Å². The van der Waals surface area contributed by atoms with E-state index in [1.807, 2.05) is 6.92 Å². The topological polar surface area (TPSA) is 67.8 Å². The quantitative estimate of drug-likeness (QED) is 0.851. The first-order valence-electron chi connectivity index (χ1n) is 5.28. The molecule has 0 fully saturated rings. The van der Waals surface area contributed by atoms with Crippen LogP contribution in [0.4, 0.5) is 5.13 Å². The van der Waals surface area contributed by atoms with Crippen LogP contribution in [0.15, 0.2) is 18.5 Å². The Morgan fingerprint density at radius 3 is 3.00 bits per heavy atom. The Kier molecular flexibility index (Phi) is 3.65. The number of carbonyl (C=O) groups is 1. The first-order chi connectivity index (χ1) is 8.72. The molecule has 0 aliphatic rings. The molecule has 0 unspecified atom stereocenters. The maximum Gasteiger partial charge on any atom is 0.259 e. The number of nitrogens with zero attached hydrogens (tertiary/aromatic N) is 3. The molecule has 2 aromatic rings. The van der Waals surface area contributed by atoms with Crippen molar-refractivity contribution in [3.63, 3.8) is 0 Å². The zero-order chi connectivity index (χ0) is 13.0. The number of carbonyl (C=O) groups excluding carboxylic acids is 1. The van der Waals surface area contributed by atoms with Gasteiger partial charge >= 0.3 is 0 Å². The molecule has 0 atom stereocenters. The first-order valence-corrected chi connectivity index (χ1v) is 6.10. The minimum Gasteiger partial charge on any atom is -0.296 e. The highest BCUT2D eigenvalue weighted by atomic mass is 32.1. The molecular formula is C12H10N4OS. The van der Waals surface area contributed by atoms with Crippen LogP contribution in [0.5, 0.6) is 0 Å². The Labute approximate surface area is 108 Å². The summed E-state index contributed by atoms with van der Waals surface area (Å²) in [5.74, 6) is 2.14. The lowest BCUT2D eigenvalue weighted by molar-refractivity contribution is 0.102. The molecule has 0 aliphatic heterocycles. The molecule has 5 nitrogen and oxygen atoms in total. The van der Waals surface area contributed by atoms with Gasteiger partial charge in [0.05, 0.1) is 5.56 Å². The van der Waals surface area contributed by atoms with Crippen LogP contribution < -0.4 is 5.32 Å². The zero-order valence-electron chi connectivity index (χ0n) is 9.67. The fourth-order valence-corrected chi connectivity index (χ4v) is 1.93. The Bertz CT molecular complexity index is 615. The molecule has 0 saturated carbocycles. The lowest BCUT2D eigenvalue weighted by Gasteiger charge is -2.00. The highest BCUT2D eigenvalue weighted by Gasteiger charge is 2.10. The molecule has 0 spiro atoms. The number of hydrogen-bond acceptors (Lipinski definition) is 5. The van der Waals surface area contributed by atoms with Crippen LogP contribution in [0, 0.1) is 12.3 Å². The number of terminal acetylenes is 1. The van der Waals surface area contributed by atoms with E-state index in [2.05, 4.69) is 26.4 Å². The van der Waals surface area contributed by atoms with Gasteiger partial charge in [-0.05, 0) is 12.5 Å². The molecule has 0 bridgehead atoms. The summed E-state index contributed by atoms with van der Waals surface area (Å²) in [6, 6.07) is 1.60. The second kappa shape index (κ2) is 5.38. The van der Waals surface area contributed by atoms with Gasteiger partial charge in [-0.2, -0.15) is 0 Å². The van der Waals surface area contributed by atoms with Crippen molar-refractivity contribution in [2.75, 3.05) is 5.32 Å². The highest BCUT2D eigenvalue weighted by Crippen LogP contribution is 2.16. The smallest absolute Gasteiger partial charge is 0.259 e. The molecule has 1 N–H and O–H groups in total. The van der Waals surface area contributed by atoms with Gasteiger partial charge in [0.1, 0.15) is 5.01 Å². The van der Waals surface area contributed by atoms with E-state index in [4.69, 9.17) is 6.42 Å². The number of amides is 1. The van der Waals surface area contributed by atoms with Crippen molar-refractivity contribution in [2.24, 2.45) is 0 Å². The number of aromatic nitrogens is 3. The molecule has 2 heterocycles.